The molecule has 1 aliphatic rings. The van der Waals surface area contributed by atoms with E-state index >= 15 is 0 Å². The number of anilines is 1. The van der Waals surface area contributed by atoms with Crippen molar-refractivity contribution in [2.24, 2.45) is 4.99 Å². The molecule has 0 aliphatic carbocycles. The molecule has 0 amide bonds. The monoisotopic (exact) mass is 396 g/mol. The summed E-state index contributed by atoms with van der Waals surface area (Å²) in [6.45, 7) is 5.97. The van der Waals surface area contributed by atoms with Gasteiger partial charge in [0, 0.05) is 65.6 Å². The molecule has 2 N–H and O–H groups in total. The highest BCUT2D eigenvalue weighted by molar-refractivity contribution is 5.79. The summed E-state index contributed by atoms with van der Waals surface area (Å²) in [6, 6.07) is 12.6. The summed E-state index contributed by atoms with van der Waals surface area (Å²) in [6.07, 6.45) is 1.82. The third-order valence-corrected chi connectivity index (χ3v) is 5.02. The number of guanidine groups is 1. The summed E-state index contributed by atoms with van der Waals surface area (Å²) in [4.78, 5) is 13.3. The van der Waals surface area contributed by atoms with Gasteiger partial charge in [-0.2, -0.15) is 0 Å². The third kappa shape index (κ3) is 6.17. The van der Waals surface area contributed by atoms with Crippen molar-refractivity contribution in [3.63, 3.8) is 0 Å². The van der Waals surface area contributed by atoms with E-state index in [1.54, 1.807) is 7.05 Å². The first kappa shape index (κ1) is 21.1. The predicted molar refractivity (Wildman–Crippen MR) is 118 cm³/mol. The van der Waals surface area contributed by atoms with Crippen molar-refractivity contribution in [3.05, 3.63) is 59.3 Å². The maximum Gasteiger partial charge on any atom is 0.191 e. The lowest BCUT2D eigenvalue weighted by Gasteiger charge is -2.27. The van der Waals surface area contributed by atoms with Gasteiger partial charge in [-0.05, 0) is 17.2 Å². The van der Waals surface area contributed by atoms with Gasteiger partial charge >= 0.3 is 0 Å². The number of rotatable bonds is 7. The van der Waals surface area contributed by atoms with Crippen LogP contribution in [0.5, 0.6) is 0 Å². The molecular weight excluding hydrogens is 364 g/mol. The highest BCUT2D eigenvalue weighted by atomic mass is 16.5. The van der Waals surface area contributed by atoms with E-state index in [0.29, 0.717) is 6.54 Å². The second kappa shape index (κ2) is 10.8. The minimum atomic E-state index is 0.663. The van der Waals surface area contributed by atoms with Gasteiger partial charge in [0.1, 0.15) is 5.82 Å². The van der Waals surface area contributed by atoms with Crippen molar-refractivity contribution in [2.75, 3.05) is 52.3 Å². The van der Waals surface area contributed by atoms with Gasteiger partial charge in [-0.3, -0.25) is 9.89 Å². The first-order chi connectivity index (χ1) is 14.2. The fourth-order valence-corrected chi connectivity index (χ4v) is 3.43. The zero-order valence-electron chi connectivity index (χ0n) is 17.7. The molecule has 0 atom stereocenters. The first-order valence-electron chi connectivity index (χ1n) is 10.1. The number of pyridine rings is 1. The molecule has 29 heavy (non-hydrogen) atoms. The van der Waals surface area contributed by atoms with Crippen LogP contribution in [-0.4, -0.2) is 63.3 Å². The second-order valence-electron chi connectivity index (χ2n) is 7.32. The number of hydrogen-bond acceptors (Lipinski definition) is 5. The number of morpholine rings is 1. The van der Waals surface area contributed by atoms with Crippen LogP contribution < -0.4 is 15.5 Å². The highest BCUT2D eigenvalue weighted by Crippen LogP contribution is 2.14. The van der Waals surface area contributed by atoms with Gasteiger partial charge in [-0.15, -0.1) is 0 Å². The van der Waals surface area contributed by atoms with Crippen molar-refractivity contribution >= 4 is 11.8 Å². The van der Waals surface area contributed by atoms with E-state index in [1.165, 1.54) is 11.1 Å². The van der Waals surface area contributed by atoms with Gasteiger partial charge in [0.15, 0.2) is 5.96 Å². The van der Waals surface area contributed by atoms with Gasteiger partial charge in [0.2, 0.25) is 0 Å². The normalized spacial score (nSPS) is 15.2. The van der Waals surface area contributed by atoms with Gasteiger partial charge < -0.3 is 20.3 Å². The van der Waals surface area contributed by atoms with Crippen LogP contribution in [0.3, 0.4) is 0 Å². The van der Waals surface area contributed by atoms with Crippen LogP contribution in [0.4, 0.5) is 5.82 Å². The molecule has 3 rings (SSSR count). The molecule has 1 fully saturated rings. The Labute approximate surface area is 173 Å². The molecule has 7 heteroatoms. The molecule has 0 spiro atoms. The Hall–Kier alpha value is -2.64. The fraction of sp³-hybridized carbons (Fsp3) is 0.455. The van der Waals surface area contributed by atoms with Crippen molar-refractivity contribution in [1.29, 1.82) is 0 Å². The van der Waals surface area contributed by atoms with Crippen LogP contribution in [-0.2, 0) is 24.4 Å². The third-order valence-electron chi connectivity index (χ3n) is 5.02. The minimum Gasteiger partial charge on any atom is -0.379 e. The number of ether oxygens (including phenoxy) is 1. The Balaban J connectivity index is 1.57. The smallest absolute Gasteiger partial charge is 0.191 e. The zero-order chi connectivity index (χ0) is 20.5. The molecular formula is C22H32N6O. The highest BCUT2D eigenvalue weighted by Gasteiger charge is 2.13. The number of aliphatic imine (C=N–C) groups is 1. The van der Waals surface area contributed by atoms with E-state index in [9.17, 15) is 0 Å². The molecule has 0 saturated carbocycles. The quantitative estimate of drug-likeness (QED) is 0.550. The lowest BCUT2D eigenvalue weighted by Crippen LogP contribution is -2.38. The number of benzene rings is 1. The summed E-state index contributed by atoms with van der Waals surface area (Å²) in [7, 11) is 5.81. The Morgan fingerprint density at radius 1 is 1.03 bits per heavy atom. The van der Waals surface area contributed by atoms with E-state index in [4.69, 9.17) is 4.74 Å². The topological polar surface area (TPSA) is 65.0 Å². The summed E-state index contributed by atoms with van der Waals surface area (Å²) in [5.41, 5.74) is 3.77. The second-order valence-corrected chi connectivity index (χ2v) is 7.32. The van der Waals surface area contributed by atoms with E-state index in [2.05, 4.69) is 55.8 Å². The summed E-state index contributed by atoms with van der Waals surface area (Å²) in [5, 5.41) is 6.84. The molecule has 1 aromatic heterocycles. The Morgan fingerprint density at radius 3 is 2.38 bits per heavy atom. The molecule has 0 bridgehead atoms. The van der Waals surface area contributed by atoms with Crippen LogP contribution in [0.1, 0.15) is 16.7 Å². The standard InChI is InChI=1S/C22H32N6O/c1-23-22(26-16-19-9-6-10-24-21(19)27(2)3)25-15-18-7-4-5-8-20(18)17-28-11-13-29-14-12-28/h4-10H,11-17H2,1-3H3,(H2,23,25,26). The summed E-state index contributed by atoms with van der Waals surface area (Å²) < 4.78 is 5.46. The van der Waals surface area contributed by atoms with Gasteiger partial charge in [0.25, 0.3) is 0 Å². The van der Waals surface area contributed by atoms with E-state index in [0.717, 1.165) is 56.7 Å². The van der Waals surface area contributed by atoms with Gasteiger partial charge in [0.05, 0.1) is 13.2 Å². The molecule has 2 aromatic rings. The average Bonchev–Trinajstić information content (AvgIpc) is 2.76. The largest absolute Gasteiger partial charge is 0.379 e. The van der Waals surface area contributed by atoms with Crippen LogP contribution in [0.2, 0.25) is 0 Å². The van der Waals surface area contributed by atoms with E-state index in [-0.39, 0.29) is 0 Å². The van der Waals surface area contributed by atoms with Crippen LogP contribution in [0, 0.1) is 0 Å². The van der Waals surface area contributed by atoms with Crippen molar-refractivity contribution in [1.82, 2.24) is 20.5 Å². The lowest BCUT2D eigenvalue weighted by molar-refractivity contribution is 0.0341. The number of aromatic nitrogens is 1. The number of nitrogens with one attached hydrogen (secondary N) is 2. The van der Waals surface area contributed by atoms with Crippen molar-refractivity contribution in [2.45, 2.75) is 19.6 Å². The summed E-state index contributed by atoms with van der Waals surface area (Å²) >= 11 is 0. The fourth-order valence-electron chi connectivity index (χ4n) is 3.43. The lowest BCUT2D eigenvalue weighted by atomic mass is 10.1. The molecule has 0 unspecified atom stereocenters. The Kier molecular flexibility index (Phi) is 7.84. The molecule has 2 heterocycles. The van der Waals surface area contributed by atoms with Crippen LogP contribution in [0.15, 0.2) is 47.6 Å². The van der Waals surface area contributed by atoms with Crippen molar-refractivity contribution in [3.8, 4) is 0 Å². The van der Waals surface area contributed by atoms with E-state index < -0.39 is 0 Å². The zero-order valence-corrected chi connectivity index (χ0v) is 17.7. The van der Waals surface area contributed by atoms with Crippen LogP contribution >= 0.6 is 0 Å². The SMILES string of the molecule is CN=C(NCc1ccccc1CN1CCOCC1)NCc1cccnc1N(C)C. The van der Waals surface area contributed by atoms with Gasteiger partial charge in [-0.25, -0.2) is 4.98 Å². The molecule has 1 aliphatic heterocycles. The van der Waals surface area contributed by atoms with Crippen molar-refractivity contribution < 1.29 is 4.74 Å². The molecule has 156 valence electrons. The maximum absolute atomic E-state index is 5.46. The van der Waals surface area contributed by atoms with E-state index in [1.807, 2.05) is 31.3 Å². The average molecular weight is 397 g/mol. The summed E-state index contributed by atoms with van der Waals surface area (Å²) in [5.74, 6) is 1.74. The Bertz CT molecular complexity index is 801. The minimum absolute atomic E-state index is 0.663. The molecule has 1 aromatic carbocycles. The van der Waals surface area contributed by atoms with Gasteiger partial charge in [-0.1, -0.05) is 30.3 Å². The maximum atomic E-state index is 5.46. The molecule has 7 nitrogen and oxygen atoms in total. The molecule has 0 radical (unpaired) electrons. The first-order valence-corrected chi connectivity index (χ1v) is 10.1. The number of hydrogen-bond donors (Lipinski definition) is 2. The Morgan fingerprint density at radius 2 is 1.69 bits per heavy atom. The van der Waals surface area contributed by atoms with Crippen LogP contribution in [0.25, 0.3) is 0 Å². The number of nitrogens with zero attached hydrogens (tertiary/aromatic N) is 4. The predicted octanol–water partition coefficient (Wildman–Crippen LogP) is 1.84. The molecule has 1 saturated heterocycles.